The average Bonchev–Trinajstić information content (AvgIpc) is 2.75. The number of likely N-dealkylation sites (N-methyl/N-ethyl adjacent to an activating group) is 1. The lowest BCUT2D eigenvalue weighted by Crippen LogP contribution is -2.53. The molecule has 0 aromatic heterocycles. The fourth-order valence-corrected chi connectivity index (χ4v) is 3.16. The van der Waals surface area contributed by atoms with Crippen LogP contribution in [0.15, 0.2) is 11.1 Å². The van der Waals surface area contributed by atoms with Crippen molar-refractivity contribution in [3.05, 3.63) is 11.1 Å². The molecule has 0 N–H and O–H groups in total. The van der Waals surface area contributed by atoms with Crippen molar-refractivity contribution >= 4 is 21.8 Å². The Morgan fingerprint density at radius 2 is 1.94 bits per heavy atom. The number of likely N-dealkylation sites (tertiary alicyclic amines) is 1. The maximum atomic E-state index is 12.4. The largest absolute Gasteiger partial charge is 0.339 e. The van der Waals surface area contributed by atoms with Gasteiger partial charge in [0.15, 0.2) is 0 Å². The summed E-state index contributed by atoms with van der Waals surface area (Å²) in [6.07, 6.45) is 2.17. The van der Waals surface area contributed by atoms with Gasteiger partial charge in [0, 0.05) is 37.2 Å². The lowest BCUT2D eigenvalue weighted by atomic mass is 10.1. The number of hydrogen-bond donors (Lipinski definition) is 0. The van der Waals surface area contributed by atoms with E-state index < -0.39 is 0 Å². The molecule has 0 saturated carbocycles. The summed E-state index contributed by atoms with van der Waals surface area (Å²) in [5.74, 6) is 0.326. The molecule has 2 fully saturated rings. The van der Waals surface area contributed by atoms with Crippen molar-refractivity contribution < 1.29 is 4.79 Å². The SMILES string of the molecule is C=C(Br)CN1CCN(C(=O)C2CCCN2C)CC1. The summed E-state index contributed by atoms with van der Waals surface area (Å²) in [5.41, 5.74) is 0. The first-order valence-corrected chi connectivity index (χ1v) is 7.42. The monoisotopic (exact) mass is 315 g/mol. The van der Waals surface area contributed by atoms with Gasteiger partial charge in [0.05, 0.1) is 6.04 Å². The first-order valence-electron chi connectivity index (χ1n) is 6.62. The Balaban J connectivity index is 1.82. The van der Waals surface area contributed by atoms with Gasteiger partial charge < -0.3 is 4.90 Å². The van der Waals surface area contributed by atoms with Gasteiger partial charge in [-0.2, -0.15) is 0 Å². The average molecular weight is 316 g/mol. The summed E-state index contributed by atoms with van der Waals surface area (Å²) in [7, 11) is 2.06. The zero-order valence-corrected chi connectivity index (χ0v) is 12.7. The molecule has 4 nitrogen and oxygen atoms in total. The Kier molecular flexibility index (Phi) is 4.81. The molecule has 5 heteroatoms. The van der Waals surface area contributed by atoms with Crippen LogP contribution in [0.25, 0.3) is 0 Å². The van der Waals surface area contributed by atoms with Crippen LogP contribution in [-0.2, 0) is 4.79 Å². The van der Waals surface area contributed by atoms with Crippen LogP contribution >= 0.6 is 15.9 Å². The van der Waals surface area contributed by atoms with Gasteiger partial charge in [-0.3, -0.25) is 14.6 Å². The van der Waals surface area contributed by atoms with Gasteiger partial charge >= 0.3 is 0 Å². The highest BCUT2D eigenvalue weighted by molar-refractivity contribution is 9.11. The third-order valence-electron chi connectivity index (χ3n) is 3.88. The Hall–Kier alpha value is -0.390. The highest BCUT2D eigenvalue weighted by Crippen LogP contribution is 2.18. The molecule has 0 bridgehead atoms. The Bertz CT molecular complexity index is 326. The lowest BCUT2D eigenvalue weighted by Gasteiger charge is -2.36. The number of halogens is 1. The molecule has 1 atom stereocenters. The number of piperazine rings is 1. The minimum absolute atomic E-state index is 0.127. The summed E-state index contributed by atoms with van der Waals surface area (Å²) in [6, 6.07) is 0.127. The fourth-order valence-electron chi connectivity index (χ4n) is 2.80. The Morgan fingerprint density at radius 1 is 1.28 bits per heavy atom. The fraction of sp³-hybridized carbons (Fsp3) is 0.769. The third kappa shape index (κ3) is 3.33. The predicted octanol–water partition coefficient (Wildman–Crippen LogP) is 1.13. The summed E-state index contributed by atoms with van der Waals surface area (Å²) < 4.78 is 1.01. The van der Waals surface area contributed by atoms with Crippen molar-refractivity contribution in [3.8, 4) is 0 Å². The normalized spacial score (nSPS) is 26.6. The van der Waals surface area contributed by atoms with Gasteiger partial charge in [0.2, 0.25) is 5.91 Å². The molecule has 2 heterocycles. The molecule has 0 spiro atoms. The predicted molar refractivity (Wildman–Crippen MR) is 76.7 cm³/mol. The summed E-state index contributed by atoms with van der Waals surface area (Å²) in [4.78, 5) is 18.9. The van der Waals surface area contributed by atoms with E-state index in [1.807, 2.05) is 4.90 Å². The molecule has 18 heavy (non-hydrogen) atoms. The maximum Gasteiger partial charge on any atom is 0.240 e. The van der Waals surface area contributed by atoms with E-state index in [0.29, 0.717) is 5.91 Å². The molecule has 1 unspecified atom stereocenters. The molecule has 2 aliphatic heterocycles. The standard InChI is InChI=1S/C13H22BrN3O/c1-11(14)10-16-6-8-17(9-7-16)13(18)12-4-3-5-15(12)2/h12H,1,3-10H2,2H3. The number of hydrogen-bond acceptors (Lipinski definition) is 3. The molecule has 0 aromatic rings. The van der Waals surface area contributed by atoms with Gasteiger partial charge in [-0.05, 0) is 26.4 Å². The van der Waals surface area contributed by atoms with E-state index in [0.717, 1.165) is 56.6 Å². The first kappa shape index (κ1) is 14.0. The van der Waals surface area contributed by atoms with E-state index in [-0.39, 0.29) is 6.04 Å². The summed E-state index contributed by atoms with van der Waals surface area (Å²) >= 11 is 3.39. The summed E-state index contributed by atoms with van der Waals surface area (Å²) in [5, 5.41) is 0. The van der Waals surface area contributed by atoms with Crippen molar-refractivity contribution in [1.82, 2.24) is 14.7 Å². The minimum atomic E-state index is 0.127. The molecular weight excluding hydrogens is 294 g/mol. The Morgan fingerprint density at radius 3 is 2.44 bits per heavy atom. The number of carbonyl (C=O) groups is 1. The maximum absolute atomic E-state index is 12.4. The van der Waals surface area contributed by atoms with E-state index in [1.165, 1.54) is 0 Å². The molecule has 2 saturated heterocycles. The Labute approximate surface area is 118 Å². The zero-order valence-electron chi connectivity index (χ0n) is 11.1. The van der Waals surface area contributed by atoms with Gasteiger partial charge in [-0.25, -0.2) is 0 Å². The van der Waals surface area contributed by atoms with Crippen LogP contribution in [0.3, 0.4) is 0 Å². The van der Waals surface area contributed by atoms with Crippen molar-refractivity contribution in [2.45, 2.75) is 18.9 Å². The number of rotatable bonds is 3. The topological polar surface area (TPSA) is 26.8 Å². The molecule has 2 rings (SSSR count). The van der Waals surface area contributed by atoms with Gasteiger partial charge in [0.1, 0.15) is 0 Å². The van der Waals surface area contributed by atoms with Crippen LogP contribution in [-0.4, -0.2) is 73.0 Å². The number of nitrogens with zero attached hydrogens (tertiary/aromatic N) is 3. The van der Waals surface area contributed by atoms with Gasteiger partial charge in [-0.15, -0.1) is 0 Å². The van der Waals surface area contributed by atoms with E-state index in [9.17, 15) is 4.79 Å². The lowest BCUT2D eigenvalue weighted by molar-refractivity contribution is -0.137. The van der Waals surface area contributed by atoms with Crippen molar-refractivity contribution in [3.63, 3.8) is 0 Å². The van der Waals surface area contributed by atoms with Crippen molar-refractivity contribution in [1.29, 1.82) is 0 Å². The molecule has 0 aromatic carbocycles. The van der Waals surface area contributed by atoms with Crippen LogP contribution in [0.2, 0.25) is 0 Å². The molecule has 0 radical (unpaired) electrons. The van der Waals surface area contributed by atoms with Crippen molar-refractivity contribution in [2.75, 3.05) is 46.3 Å². The van der Waals surface area contributed by atoms with Gasteiger partial charge in [0.25, 0.3) is 0 Å². The molecule has 102 valence electrons. The molecule has 2 aliphatic rings. The van der Waals surface area contributed by atoms with Crippen LogP contribution < -0.4 is 0 Å². The second kappa shape index (κ2) is 6.17. The highest BCUT2D eigenvalue weighted by Gasteiger charge is 2.32. The third-order valence-corrected chi connectivity index (χ3v) is 4.14. The molecule has 1 amide bonds. The zero-order chi connectivity index (χ0) is 13.1. The van der Waals surface area contributed by atoms with Crippen LogP contribution in [0, 0.1) is 0 Å². The number of carbonyl (C=O) groups excluding carboxylic acids is 1. The van der Waals surface area contributed by atoms with E-state index in [2.05, 4.69) is 39.4 Å². The minimum Gasteiger partial charge on any atom is -0.339 e. The van der Waals surface area contributed by atoms with Crippen LogP contribution in [0.4, 0.5) is 0 Å². The smallest absolute Gasteiger partial charge is 0.240 e. The molecular formula is C13H22BrN3O. The second-order valence-corrected chi connectivity index (χ2v) is 6.38. The van der Waals surface area contributed by atoms with E-state index in [4.69, 9.17) is 0 Å². The van der Waals surface area contributed by atoms with E-state index >= 15 is 0 Å². The molecule has 0 aliphatic carbocycles. The highest BCUT2D eigenvalue weighted by atomic mass is 79.9. The first-order chi connectivity index (χ1) is 8.58. The van der Waals surface area contributed by atoms with Gasteiger partial charge in [-0.1, -0.05) is 22.5 Å². The second-order valence-electron chi connectivity index (χ2n) is 5.26. The van der Waals surface area contributed by atoms with E-state index in [1.54, 1.807) is 0 Å². The van der Waals surface area contributed by atoms with Crippen LogP contribution in [0.5, 0.6) is 0 Å². The summed E-state index contributed by atoms with van der Waals surface area (Å²) in [6.45, 7) is 9.40. The van der Waals surface area contributed by atoms with Crippen molar-refractivity contribution in [2.24, 2.45) is 0 Å². The van der Waals surface area contributed by atoms with Crippen LogP contribution in [0.1, 0.15) is 12.8 Å². The number of amides is 1. The quantitative estimate of drug-likeness (QED) is 0.781.